The molecule has 504 valence electrons. The monoisotopic (exact) mass is 1250 g/mol. The molecule has 0 saturated heterocycles. The number of hydrogen-bond donors (Lipinski definition) is 3. The van der Waals surface area contributed by atoms with Gasteiger partial charge in [-0.15, -0.1) is 0 Å². The Hall–Kier alpha value is -1.94. The van der Waals surface area contributed by atoms with Gasteiger partial charge in [0.1, 0.15) is 19.3 Å². The van der Waals surface area contributed by atoms with Gasteiger partial charge >= 0.3 is 39.5 Å². The number of hydrogen-bond acceptors (Lipinski definition) is 15. The van der Waals surface area contributed by atoms with Crippen LogP contribution in [0.25, 0.3) is 0 Å². The summed E-state index contributed by atoms with van der Waals surface area (Å²) in [6, 6.07) is 0. The van der Waals surface area contributed by atoms with E-state index in [4.69, 9.17) is 37.0 Å². The van der Waals surface area contributed by atoms with Gasteiger partial charge in [-0.05, 0) is 37.5 Å². The molecule has 5 atom stereocenters. The number of carbonyl (C=O) groups is 4. The van der Waals surface area contributed by atoms with Crippen LogP contribution >= 0.6 is 15.6 Å². The van der Waals surface area contributed by atoms with E-state index in [1.807, 2.05) is 0 Å². The third-order valence-electron chi connectivity index (χ3n) is 15.2. The zero-order valence-corrected chi connectivity index (χ0v) is 56.7. The molecular weight excluding hydrogens is 1130 g/mol. The first-order valence-electron chi connectivity index (χ1n) is 34.5. The molecule has 0 bridgehead atoms. The lowest BCUT2D eigenvalue weighted by atomic mass is 10.0. The van der Waals surface area contributed by atoms with Crippen molar-refractivity contribution >= 4 is 39.5 Å². The van der Waals surface area contributed by atoms with Crippen molar-refractivity contribution in [3.05, 3.63) is 0 Å². The van der Waals surface area contributed by atoms with Gasteiger partial charge in [-0.25, -0.2) is 9.13 Å². The number of carbonyl (C=O) groups excluding carboxylic acids is 4. The first-order valence-corrected chi connectivity index (χ1v) is 37.5. The van der Waals surface area contributed by atoms with Gasteiger partial charge in [0, 0.05) is 25.7 Å². The summed E-state index contributed by atoms with van der Waals surface area (Å²) in [4.78, 5) is 72.1. The molecule has 0 heterocycles. The number of esters is 4. The van der Waals surface area contributed by atoms with Gasteiger partial charge in [-0.2, -0.15) is 0 Å². The highest BCUT2D eigenvalue weighted by atomic mass is 31.2. The predicted octanol–water partition coefficient (Wildman–Crippen LogP) is 18.4. The van der Waals surface area contributed by atoms with Gasteiger partial charge < -0.3 is 33.8 Å². The normalized spacial score (nSPS) is 14.2. The Morgan fingerprint density at radius 3 is 0.800 bits per heavy atom. The SMILES string of the molecule is CCCCCCCCCCCCC(=O)O[C@H](COC(=O)CCCCCCCCC)COP(=O)(O)OC[C@H](O)COP(=O)(O)OC[C@@H](COC(=O)CCCCCCCCCC(C)C)OC(=O)CCCCCCCCCCCCCCCCCC(C)C. The molecule has 0 amide bonds. The van der Waals surface area contributed by atoms with Crippen LogP contribution in [0.5, 0.6) is 0 Å². The second kappa shape index (κ2) is 58.4. The summed E-state index contributed by atoms with van der Waals surface area (Å²) in [6.07, 6.45) is 41.9. The quantitative estimate of drug-likeness (QED) is 0.0222. The second-order valence-corrected chi connectivity index (χ2v) is 27.7. The van der Waals surface area contributed by atoms with E-state index in [1.54, 1.807) is 0 Å². The molecule has 0 aromatic rings. The van der Waals surface area contributed by atoms with E-state index >= 15 is 0 Å². The minimum absolute atomic E-state index is 0.106. The maximum absolute atomic E-state index is 13.0. The Morgan fingerprint density at radius 1 is 0.318 bits per heavy atom. The second-order valence-electron chi connectivity index (χ2n) is 24.8. The molecule has 0 aromatic heterocycles. The Labute approximate surface area is 517 Å². The van der Waals surface area contributed by atoms with Crippen molar-refractivity contribution in [3.8, 4) is 0 Å². The fourth-order valence-corrected chi connectivity index (χ4v) is 11.5. The summed E-state index contributed by atoms with van der Waals surface area (Å²) in [5, 5.41) is 10.5. The van der Waals surface area contributed by atoms with Crippen LogP contribution in [0.2, 0.25) is 0 Å². The number of aliphatic hydroxyl groups excluding tert-OH is 1. The van der Waals surface area contributed by atoms with Gasteiger partial charge in [0.2, 0.25) is 0 Å². The molecule has 0 spiro atoms. The highest BCUT2D eigenvalue weighted by molar-refractivity contribution is 7.47. The van der Waals surface area contributed by atoms with Crippen LogP contribution in [0.15, 0.2) is 0 Å². The van der Waals surface area contributed by atoms with Crippen molar-refractivity contribution in [2.24, 2.45) is 11.8 Å². The van der Waals surface area contributed by atoms with E-state index in [-0.39, 0.29) is 25.7 Å². The molecule has 17 nitrogen and oxygen atoms in total. The van der Waals surface area contributed by atoms with Crippen molar-refractivity contribution in [1.29, 1.82) is 0 Å². The number of aliphatic hydroxyl groups is 1. The minimum atomic E-state index is -4.95. The third-order valence-corrected chi connectivity index (χ3v) is 17.1. The standard InChI is InChI=1S/C66H128O17P2/c1-7-9-11-13-15-16-25-31-38-44-50-65(70)82-61(54-76-63(68)48-42-36-28-14-12-10-8-2)56-80-84(72,73)78-52-60(67)53-79-85(74,75)81-57-62(55-77-64(69)49-43-37-33-27-30-35-41-47-59(5)6)83-66(71)51-45-39-32-26-23-21-19-17-18-20-22-24-29-34-40-46-58(3)4/h58-62,67H,7-57H2,1-6H3,(H,72,73)(H,74,75)/t60-,61+,62+/m0/s1. The topological polar surface area (TPSA) is 237 Å². The summed E-state index contributed by atoms with van der Waals surface area (Å²) in [7, 11) is -9.88. The lowest BCUT2D eigenvalue weighted by Crippen LogP contribution is -2.30. The fourth-order valence-electron chi connectivity index (χ4n) is 9.88. The van der Waals surface area contributed by atoms with Crippen LogP contribution in [0.1, 0.15) is 330 Å². The zero-order chi connectivity index (χ0) is 62.9. The Balaban J connectivity index is 5.16. The average molecular weight is 1260 g/mol. The summed E-state index contributed by atoms with van der Waals surface area (Å²) in [5.41, 5.74) is 0. The molecule has 0 rings (SSSR count). The predicted molar refractivity (Wildman–Crippen MR) is 340 cm³/mol. The van der Waals surface area contributed by atoms with Gasteiger partial charge in [-0.1, -0.05) is 279 Å². The molecule has 0 aliphatic carbocycles. The van der Waals surface area contributed by atoms with Crippen molar-refractivity contribution in [2.45, 2.75) is 349 Å². The molecule has 0 saturated carbocycles. The molecule has 0 aliphatic heterocycles. The number of phosphoric ester groups is 2. The van der Waals surface area contributed by atoms with Crippen LogP contribution in [-0.4, -0.2) is 96.7 Å². The van der Waals surface area contributed by atoms with Crippen LogP contribution in [0.3, 0.4) is 0 Å². The zero-order valence-electron chi connectivity index (χ0n) is 54.9. The first kappa shape index (κ1) is 83.1. The molecule has 3 N–H and O–H groups in total. The number of ether oxygens (including phenoxy) is 4. The summed E-state index contributed by atoms with van der Waals surface area (Å²) in [5.74, 6) is -0.628. The molecule has 0 radical (unpaired) electrons. The highest BCUT2D eigenvalue weighted by Gasteiger charge is 2.30. The number of phosphoric acid groups is 2. The Bertz CT molecular complexity index is 1670. The van der Waals surface area contributed by atoms with Crippen molar-refractivity contribution in [2.75, 3.05) is 39.6 Å². The molecule has 85 heavy (non-hydrogen) atoms. The van der Waals surface area contributed by atoms with Gasteiger partial charge in [0.15, 0.2) is 12.2 Å². The number of unbranched alkanes of at least 4 members (excludes halogenated alkanes) is 35. The molecule has 19 heteroatoms. The van der Waals surface area contributed by atoms with Gasteiger partial charge in [0.05, 0.1) is 26.4 Å². The minimum Gasteiger partial charge on any atom is -0.462 e. The molecule has 2 unspecified atom stereocenters. The maximum atomic E-state index is 13.0. The van der Waals surface area contributed by atoms with E-state index in [1.165, 1.54) is 128 Å². The lowest BCUT2D eigenvalue weighted by molar-refractivity contribution is -0.161. The summed E-state index contributed by atoms with van der Waals surface area (Å²) < 4.78 is 68.0. The van der Waals surface area contributed by atoms with E-state index in [0.29, 0.717) is 31.6 Å². The Morgan fingerprint density at radius 2 is 0.541 bits per heavy atom. The van der Waals surface area contributed by atoms with Gasteiger partial charge in [-0.3, -0.25) is 37.3 Å². The van der Waals surface area contributed by atoms with Crippen LogP contribution in [-0.2, 0) is 65.4 Å². The Kier molecular flexibility index (Phi) is 57.1. The molecular formula is C66H128O17P2. The van der Waals surface area contributed by atoms with E-state index < -0.39 is 97.5 Å². The van der Waals surface area contributed by atoms with Crippen molar-refractivity contribution in [3.63, 3.8) is 0 Å². The van der Waals surface area contributed by atoms with E-state index in [2.05, 4.69) is 41.5 Å². The van der Waals surface area contributed by atoms with Crippen LogP contribution in [0.4, 0.5) is 0 Å². The maximum Gasteiger partial charge on any atom is 0.472 e. The lowest BCUT2D eigenvalue weighted by Gasteiger charge is -2.21. The molecule has 0 aliphatic rings. The van der Waals surface area contributed by atoms with Crippen LogP contribution in [0, 0.1) is 11.8 Å². The summed E-state index contributed by atoms with van der Waals surface area (Å²) >= 11 is 0. The highest BCUT2D eigenvalue weighted by Crippen LogP contribution is 2.45. The van der Waals surface area contributed by atoms with E-state index in [0.717, 1.165) is 115 Å². The van der Waals surface area contributed by atoms with Crippen molar-refractivity contribution in [1.82, 2.24) is 0 Å². The molecule has 0 fully saturated rings. The van der Waals surface area contributed by atoms with Crippen molar-refractivity contribution < 1.29 is 80.2 Å². The largest absolute Gasteiger partial charge is 0.472 e. The first-order chi connectivity index (χ1) is 40.9. The third kappa shape index (κ3) is 60.7. The fraction of sp³-hybridized carbons (Fsp3) is 0.939. The summed E-state index contributed by atoms with van der Waals surface area (Å²) in [6.45, 7) is 9.44. The van der Waals surface area contributed by atoms with Crippen LogP contribution < -0.4 is 0 Å². The average Bonchev–Trinajstić information content (AvgIpc) is 3.55. The molecule has 0 aromatic carbocycles. The van der Waals surface area contributed by atoms with Gasteiger partial charge in [0.25, 0.3) is 0 Å². The smallest absolute Gasteiger partial charge is 0.462 e. The van der Waals surface area contributed by atoms with E-state index in [9.17, 15) is 43.2 Å². The number of rotatable bonds is 65.